The highest BCUT2D eigenvalue weighted by atomic mass is 35.7. The maximum Gasteiger partial charge on any atom is 0.261 e. The van der Waals surface area contributed by atoms with Crippen LogP contribution >= 0.6 is 10.7 Å². The number of allylic oxidation sites excluding steroid dienone is 1. The molecule has 0 unspecified atom stereocenters. The summed E-state index contributed by atoms with van der Waals surface area (Å²) in [7, 11) is 3.20. The molecule has 4 nitrogen and oxygen atoms in total. The van der Waals surface area contributed by atoms with Crippen molar-refractivity contribution in [3.63, 3.8) is 0 Å². The molecular formula is C11H13ClN2O2S. The number of halogens is 1. The van der Waals surface area contributed by atoms with Crippen molar-refractivity contribution in [3.8, 4) is 0 Å². The predicted molar refractivity (Wildman–Crippen MR) is 70.8 cm³/mol. The van der Waals surface area contributed by atoms with Crippen LogP contribution in [0.5, 0.6) is 0 Å². The van der Waals surface area contributed by atoms with Gasteiger partial charge in [-0.3, -0.25) is 4.99 Å². The van der Waals surface area contributed by atoms with Crippen LogP contribution in [0.4, 0.5) is 0 Å². The van der Waals surface area contributed by atoms with Gasteiger partial charge in [0.05, 0.1) is 4.90 Å². The summed E-state index contributed by atoms with van der Waals surface area (Å²) in [4.78, 5) is 3.93. The van der Waals surface area contributed by atoms with Gasteiger partial charge in [0.1, 0.15) is 0 Å². The van der Waals surface area contributed by atoms with Crippen LogP contribution in [-0.2, 0) is 9.05 Å². The maximum absolute atomic E-state index is 11.4. The lowest BCUT2D eigenvalue weighted by atomic mass is 10.1. The Bertz CT molecular complexity index is 577. The van der Waals surface area contributed by atoms with Gasteiger partial charge in [0, 0.05) is 35.7 Å². The average Bonchev–Trinajstić information content (AvgIpc) is 2.25. The summed E-state index contributed by atoms with van der Waals surface area (Å²) in [6.45, 7) is 1.68. The van der Waals surface area contributed by atoms with E-state index in [-0.39, 0.29) is 4.90 Å². The van der Waals surface area contributed by atoms with Crippen molar-refractivity contribution in [2.45, 2.75) is 11.8 Å². The van der Waals surface area contributed by atoms with Crippen molar-refractivity contribution in [1.82, 2.24) is 0 Å². The van der Waals surface area contributed by atoms with E-state index in [0.717, 1.165) is 0 Å². The number of rotatable bonds is 3. The summed E-state index contributed by atoms with van der Waals surface area (Å²) in [6, 6.07) is 4.93. The standard InChI is InChI=1S/C11H13ClN2O2S/c1-8-3-4-9(10(6-13)7-14-2)5-11(8)17(12,15)16/h3-7H,13H2,1-2H3/b10-6+,14-7?. The summed E-state index contributed by atoms with van der Waals surface area (Å²) in [5.74, 6) is 0. The molecule has 0 atom stereocenters. The SMILES string of the molecule is CN=C/C(=C\N)c1ccc(C)c(S(=O)(=O)Cl)c1. The van der Waals surface area contributed by atoms with Crippen LogP contribution < -0.4 is 5.73 Å². The van der Waals surface area contributed by atoms with Crippen molar-refractivity contribution in [2.75, 3.05) is 7.05 Å². The van der Waals surface area contributed by atoms with Crippen molar-refractivity contribution in [2.24, 2.45) is 10.7 Å². The third-order valence-corrected chi connectivity index (χ3v) is 3.70. The van der Waals surface area contributed by atoms with Gasteiger partial charge >= 0.3 is 0 Å². The molecule has 1 aromatic rings. The Hall–Kier alpha value is -1.33. The molecule has 0 aliphatic rings. The fraction of sp³-hybridized carbons (Fsp3) is 0.182. The number of nitrogens with two attached hydrogens (primary N) is 1. The van der Waals surface area contributed by atoms with Crippen LogP contribution in [0.2, 0.25) is 0 Å². The van der Waals surface area contributed by atoms with Gasteiger partial charge < -0.3 is 5.73 Å². The van der Waals surface area contributed by atoms with Crippen LogP contribution in [0, 0.1) is 6.92 Å². The molecule has 0 saturated heterocycles. The third kappa shape index (κ3) is 3.31. The Morgan fingerprint density at radius 1 is 1.47 bits per heavy atom. The topological polar surface area (TPSA) is 72.5 Å². The molecule has 0 aromatic heterocycles. The first kappa shape index (κ1) is 13.7. The van der Waals surface area contributed by atoms with E-state index < -0.39 is 9.05 Å². The molecular weight excluding hydrogens is 260 g/mol. The molecule has 0 aliphatic carbocycles. The van der Waals surface area contributed by atoms with Crippen LogP contribution in [0.15, 0.2) is 34.3 Å². The molecule has 1 aromatic carbocycles. The Kier molecular flexibility index (Phi) is 4.31. The third-order valence-electron chi connectivity index (χ3n) is 2.23. The van der Waals surface area contributed by atoms with Crippen molar-refractivity contribution < 1.29 is 8.42 Å². The van der Waals surface area contributed by atoms with Gasteiger partial charge in [0.15, 0.2) is 0 Å². The Balaban J connectivity index is 3.41. The molecule has 0 bridgehead atoms. The van der Waals surface area contributed by atoms with E-state index >= 15 is 0 Å². The van der Waals surface area contributed by atoms with E-state index in [2.05, 4.69) is 4.99 Å². The van der Waals surface area contributed by atoms with Gasteiger partial charge in [-0.05, 0) is 24.1 Å². The number of hydrogen-bond donors (Lipinski definition) is 1. The molecule has 6 heteroatoms. The molecule has 0 fully saturated rings. The molecule has 0 amide bonds. The van der Waals surface area contributed by atoms with Crippen molar-refractivity contribution in [3.05, 3.63) is 35.5 Å². The molecule has 92 valence electrons. The van der Waals surface area contributed by atoms with Crippen LogP contribution in [-0.4, -0.2) is 21.7 Å². The van der Waals surface area contributed by atoms with Gasteiger partial charge in [0.25, 0.3) is 9.05 Å². The molecule has 17 heavy (non-hydrogen) atoms. The summed E-state index contributed by atoms with van der Waals surface area (Å²) in [6.07, 6.45) is 2.91. The summed E-state index contributed by atoms with van der Waals surface area (Å²) in [5.41, 5.74) is 7.33. The molecule has 1 rings (SSSR count). The Morgan fingerprint density at radius 3 is 2.59 bits per heavy atom. The Labute approximate surface area is 105 Å². The first-order valence-corrected chi connectivity index (χ1v) is 7.11. The zero-order valence-corrected chi connectivity index (χ0v) is 11.1. The lowest BCUT2D eigenvalue weighted by Crippen LogP contribution is -1.98. The molecule has 0 aliphatic heterocycles. The maximum atomic E-state index is 11.4. The summed E-state index contributed by atoms with van der Waals surface area (Å²) < 4.78 is 22.7. The van der Waals surface area contributed by atoms with Crippen LogP contribution in [0.25, 0.3) is 5.57 Å². The number of nitrogens with zero attached hydrogens (tertiary/aromatic N) is 1. The second kappa shape index (κ2) is 5.33. The molecule has 0 heterocycles. The molecule has 0 spiro atoms. The first-order valence-electron chi connectivity index (χ1n) is 4.80. The van der Waals surface area contributed by atoms with E-state index in [1.54, 1.807) is 32.3 Å². The normalized spacial score (nSPS) is 13.2. The van der Waals surface area contributed by atoms with E-state index in [4.69, 9.17) is 16.4 Å². The second-order valence-electron chi connectivity index (χ2n) is 3.43. The lowest BCUT2D eigenvalue weighted by molar-refractivity contribution is 0.609. The van der Waals surface area contributed by atoms with Gasteiger partial charge in [-0.25, -0.2) is 8.42 Å². The zero-order chi connectivity index (χ0) is 13.1. The second-order valence-corrected chi connectivity index (χ2v) is 5.96. The van der Waals surface area contributed by atoms with Crippen LogP contribution in [0.3, 0.4) is 0 Å². The van der Waals surface area contributed by atoms with Gasteiger partial charge in [-0.2, -0.15) is 0 Å². The minimum absolute atomic E-state index is 0.0838. The highest BCUT2D eigenvalue weighted by Gasteiger charge is 2.14. The Morgan fingerprint density at radius 2 is 2.12 bits per heavy atom. The zero-order valence-electron chi connectivity index (χ0n) is 9.51. The van der Waals surface area contributed by atoms with Crippen molar-refractivity contribution >= 4 is 31.5 Å². The first-order chi connectivity index (χ1) is 7.90. The highest BCUT2D eigenvalue weighted by molar-refractivity contribution is 8.13. The average molecular weight is 273 g/mol. The fourth-order valence-corrected chi connectivity index (χ4v) is 2.61. The lowest BCUT2D eigenvalue weighted by Gasteiger charge is -2.06. The summed E-state index contributed by atoms with van der Waals surface area (Å²) >= 11 is 0. The molecule has 0 saturated carbocycles. The van der Waals surface area contributed by atoms with Gasteiger partial charge in [0.2, 0.25) is 0 Å². The minimum atomic E-state index is -3.75. The minimum Gasteiger partial charge on any atom is -0.404 e. The van der Waals surface area contributed by atoms with Gasteiger partial charge in [-0.1, -0.05) is 12.1 Å². The molecule has 0 radical (unpaired) electrons. The van der Waals surface area contributed by atoms with Gasteiger partial charge in [-0.15, -0.1) is 0 Å². The number of aliphatic imine (C=N–C) groups is 1. The summed E-state index contributed by atoms with van der Waals surface area (Å²) in [5, 5.41) is 0. The fourth-order valence-electron chi connectivity index (χ4n) is 1.40. The monoisotopic (exact) mass is 272 g/mol. The molecule has 2 N–H and O–H groups in total. The number of hydrogen-bond acceptors (Lipinski definition) is 4. The van der Waals surface area contributed by atoms with Crippen molar-refractivity contribution in [1.29, 1.82) is 0 Å². The number of aryl methyl sites for hydroxylation is 1. The largest absolute Gasteiger partial charge is 0.404 e. The highest BCUT2D eigenvalue weighted by Crippen LogP contribution is 2.23. The van der Waals surface area contributed by atoms with E-state index in [0.29, 0.717) is 16.7 Å². The smallest absolute Gasteiger partial charge is 0.261 e. The predicted octanol–water partition coefficient (Wildman–Crippen LogP) is 1.92. The quantitative estimate of drug-likeness (QED) is 0.675. The van der Waals surface area contributed by atoms with E-state index in [1.807, 2.05) is 0 Å². The van der Waals surface area contributed by atoms with E-state index in [9.17, 15) is 8.42 Å². The van der Waals surface area contributed by atoms with Crippen LogP contribution in [0.1, 0.15) is 11.1 Å². The number of benzene rings is 1. The van der Waals surface area contributed by atoms with E-state index in [1.165, 1.54) is 12.3 Å².